The lowest BCUT2D eigenvalue weighted by Gasteiger charge is -2.40. The van der Waals surface area contributed by atoms with Crippen molar-refractivity contribution in [3.8, 4) is 0 Å². The summed E-state index contributed by atoms with van der Waals surface area (Å²) in [4.78, 5) is 27.7. The molecule has 0 aromatic carbocycles. The zero-order chi connectivity index (χ0) is 15.6. The molecule has 3 saturated heterocycles. The quantitative estimate of drug-likeness (QED) is 0.717. The second kappa shape index (κ2) is 6.42. The summed E-state index contributed by atoms with van der Waals surface area (Å²) in [6.45, 7) is 3.87. The van der Waals surface area contributed by atoms with Crippen molar-refractivity contribution in [2.45, 2.75) is 31.5 Å². The van der Waals surface area contributed by atoms with E-state index >= 15 is 0 Å². The largest absolute Gasteiger partial charge is 0.453 e. The van der Waals surface area contributed by atoms with Crippen molar-refractivity contribution in [2.75, 3.05) is 46.5 Å². The molecule has 0 aliphatic carbocycles. The molecule has 0 saturated carbocycles. The second-order valence-electron chi connectivity index (χ2n) is 6.16. The van der Waals surface area contributed by atoms with Gasteiger partial charge in [0.2, 0.25) is 5.91 Å². The van der Waals surface area contributed by atoms with Gasteiger partial charge >= 0.3 is 6.09 Å². The molecule has 0 atom stereocenters. The summed E-state index contributed by atoms with van der Waals surface area (Å²) in [5.41, 5.74) is 0. The molecule has 0 radical (unpaired) electrons. The molecule has 0 unspecified atom stereocenters. The van der Waals surface area contributed by atoms with Gasteiger partial charge in [0.25, 0.3) is 0 Å². The van der Waals surface area contributed by atoms with Crippen LogP contribution < -0.4 is 0 Å². The molecule has 0 N–H and O–H groups in total. The van der Waals surface area contributed by atoms with E-state index in [9.17, 15) is 9.59 Å². The Morgan fingerprint density at radius 3 is 2.14 bits per heavy atom. The minimum absolute atomic E-state index is 0.0142. The Kier molecular flexibility index (Phi) is 4.54. The number of amides is 2. The Labute approximate surface area is 130 Å². The fourth-order valence-corrected chi connectivity index (χ4v) is 3.55. The summed E-state index contributed by atoms with van der Waals surface area (Å²) in [6.07, 6.45) is 2.62. The van der Waals surface area contributed by atoms with Crippen molar-refractivity contribution < 1.29 is 23.8 Å². The van der Waals surface area contributed by atoms with Gasteiger partial charge in [0.15, 0.2) is 5.79 Å². The Bertz CT molecular complexity index is 418. The molecule has 2 amide bonds. The van der Waals surface area contributed by atoms with Gasteiger partial charge in [-0.15, -0.1) is 0 Å². The number of nitrogens with zero attached hydrogens (tertiary/aromatic N) is 2. The highest BCUT2D eigenvalue weighted by Gasteiger charge is 2.42. The van der Waals surface area contributed by atoms with Crippen molar-refractivity contribution in [3.05, 3.63) is 0 Å². The van der Waals surface area contributed by atoms with Gasteiger partial charge in [-0.2, -0.15) is 0 Å². The van der Waals surface area contributed by atoms with Crippen molar-refractivity contribution in [2.24, 2.45) is 5.92 Å². The normalized spacial score (nSPS) is 25.5. The van der Waals surface area contributed by atoms with E-state index in [4.69, 9.17) is 14.2 Å². The van der Waals surface area contributed by atoms with Crippen molar-refractivity contribution in [3.63, 3.8) is 0 Å². The highest BCUT2D eigenvalue weighted by atomic mass is 16.7. The maximum Gasteiger partial charge on any atom is 0.409 e. The van der Waals surface area contributed by atoms with E-state index < -0.39 is 5.79 Å². The number of hydrogen-bond acceptors (Lipinski definition) is 5. The van der Waals surface area contributed by atoms with Crippen LogP contribution in [-0.2, 0) is 19.0 Å². The highest BCUT2D eigenvalue weighted by Crippen LogP contribution is 2.32. The predicted molar refractivity (Wildman–Crippen MR) is 77.2 cm³/mol. The number of carbonyl (C=O) groups excluding carboxylic acids is 2. The molecule has 3 heterocycles. The van der Waals surface area contributed by atoms with Crippen molar-refractivity contribution >= 4 is 12.0 Å². The molecule has 3 aliphatic heterocycles. The fraction of sp³-hybridized carbons (Fsp3) is 0.867. The standard InChI is InChI=1S/C15H24N2O5/c1-20-14(19)17-6-2-12(3-7-17)13(18)16-8-4-15(5-9-16)21-10-11-22-15/h12H,2-11H2,1H3. The van der Waals surface area contributed by atoms with E-state index in [1.165, 1.54) is 7.11 Å². The van der Waals surface area contributed by atoms with E-state index in [1.807, 2.05) is 4.90 Å². The number of carbonyl (C=O) groups is 2. The summed E-state index contributed by atoms with van der Waals surface area (Å²) in [7, 11) is 1.39. The van der Waals surface area contributed by atoms with Gasteiger partial charge in [-0.25, -0.2) is 4.79 Å². The van der Waals surface area contributed by atoms with Crippen LogP contribution in [0.1, 0.15) is 25.7 Å². The van der Waals surface area contributed by atoms with Crippen molar-refractivity contribution in [1.82, 2.24) is 9.80 Å². The number of methoxy groups -OCH3 is 1. The van der Waals surface area contributed by atoms with Crippen LogP contribution in [-0.4, -0.2) is 74.1 Å². The Morgan fingerprint density at radius 1 is 1.00 bits per heavy atom. The first-order chi connectivity index (χ1) is 10.6. The molecule has 22 heavy (non-hydrogen) atoms. The zero-order valence-corrected chi connectivity index (χ0v) is 13.1. The Morgan fingerprint density at radius 2 is 1.59 bits per heavy atom. The molecule has 0 bridgehead atoms. The van der Waals surface area contributed by atoms with Crippen molar-refractivity contribution in [1.29, 1.82) is 0 Å². The van der Waals surface area contributed by atoms with Crippen LogP contribution in [0.2, 0.25) is 0 Å². The fourth-order valence-electron chi connectivity index (χ4n) is 3.55. The summed E-state index contributed by atoms with van der Waals surface area (Å²) in [5, 5.41) is 0. The minimum Gasteiger partial charge on any atom is -0.453 e. The first kappa shape index (κ1) is 15.6. The first-order valence-corrected chi connectivity index (χ1v) is 8.03. The topological polar surface area (TPSA) is 68.3 Å². The molecule has 3 fully saturated rings. The third-order valence-corrected chi connectivity index (χ3v) is 4.93. The molecule has 3 rings (SSSR count). The smallest absolute Gasteiger partial charge is 0.409 e. The lowest BCUT2D eigenvalue weighted by molar-refractivity contribution is -0.188. The molecule has 3 aliphatic rings. The first-order valence-electron chi connectivity index (χ1n) is 8.03. The Balaban J connectivity index is 1.48. The van der Waals surface area contributed by atoms with Crippen LogP contribution >= 0.6 is 0 Å². The summed E-state index contributed by atoms with van der Waals surface area (Å²) in [6, 6.07) is 0. The van der Waals surface area contributed by atoms with E-state index in [1.54, 1.807) is 4.90 Å². The monoisotopic (exact) mass is 312 g/mol. The van der Waals surface area contributed by atoms with Gasteiger partial charge in [0.05, 0.1) is 20.3 Å². The zero-order valence-electron chi connectivity index (χ0n) is 13.1. The molecule has 7 heteroatoms. The maximum atomic E-state index is 12.6. The van der Waals surface area contributed by atoms with Gasteiger partial charge in [-0.3, -0.25) is 4.79 Å². The molecular weight excluding hydrogens is 288 g/mol. The average molecular weight is 312 g/mol. The lowest BCUT2D eigenvalue weighted by atomic mass is 9.94. The summed E-state index contributed by atoms with van der Waals surface area (Å²) < 4.78 is 16.1. The van der Waals surface area contributed by atoms with Crippen LogP contribution in [0.3, 0.4) is 0 Å². The van der Waals surface area contributed by atoms with Crippen LogP contribution in [0.5, 0.6) is 0 Å². The number of likely N-dealkylation sites (tertiary alicyclic amines) is 2. The maximum absolute atomic E-state index is 12.6. The van der Waals surface area contributed by atoms with E-state index in [-0.39, 0.29) is 17.9 Å². The van der Waals surface area contributed by atoms with Gasteiger partial charge in [0, 0.05) is 44.9 Å². The summed E-state index contributed by atoms with van der Waals surface area (Å²) >= 11 is 0. The van der Waals surface area contributed by atoms with Gasteiger partial charge in [-0.1, -0.05) is 0 Å². The van der Waals surface area contributed by atoms with Gasteiger partial charge < -0.3 is 24.0 Å². The third kappa shape index (κ3) is 3.05. The minimum atomic E-state index is -0.439. The third-order valence-electron chi connectivity index (χ3n) is 4.93. The SMILES string of the molecule is COC(=O)N1CCC(C(=O)N2CCC3(CC2)OCCO3)CC1. The molecule has 124 valence electrons. The molecule has 0 aromatic heterocycles. The predicted octanol–water partition coefficient (Wildman–Crippen LogP) is 0.830. The highest BCUT2D eigenvalue weighted by molar-refractivity contribution is 5.79. The summed E-state index contributed by atoms with van der Waals surface area (Å²) in [5.74, 6) is -0.219. The Hall–Kier alpha value is -1.34. The molecular formula is C15H24N2O5. The van der Waals surface area contributed by atoms with Crippen LogP contribution in [0, 0.1) is 5.92 Å². The second-order valence-corrected chi connectivity index (χ2v) is 6.16. The molecule has 1 spiro atoms. The number of piperidine rings is 2. The number of ether oxygens (including phenoxy) is 3. The average Bonchev–Trinajstić information content (AvgIpc) is 3.02. The van der Waals surface area contributed by atoms with Crippen LogP contribution in [0.4, 0.5) is 4.79 Å². The van der Waals surface area contributed by atoms with Gasteiger partial charge in [0.1, 0.15) is 0 Å². The van der Waals surface area contributed by atoms with Crippen LogP contribution in [0.25, 0.3) is 0 Å². The van der Waals surface area contributed by atoms with E-state index in [0.717, 1.165) is 12.8 Å². The lowest BCUT2D eigenvalue weighted by Crippen LogP contribution is -2.50. The van der Waals surface area contributed by atoms with E-state index in [0.29, 0.717) is 52.2 Å². The van der Waals surface area contributed by atoms with Gasteiger partial charge in [-0.05, 0) is 12.8 Å². The van der Waals surface area contributed by atoms with E-state index in [2.05, 4.69) is 0 Å². The number of rotatable bonds is 1. The number of hydrogen-bond donors (Lipinski definition) is 0. The molecule has 0 aromatic rings. The molecule has 7 nitrogen and oxygen atoms in total. The van der Waals surface area contributed by atoms with Crippen LogP contribution in [0.15, 0.2) is 0 Å².